The lowest BCUT2D eigenvalue weighted by molar-refractivity contribution is -0.914. The third-order valence-corrected chi connectivity index (χ3v) is 14.1. The number of aliphatic carboxylic acids is 1. The molecule has 4 bridgehead atoms. The van der Waals surface area contributed by atoms with E-state index in [1.165, 1.54) is 28.9 Å². The van der Waals surface area contributed by atoms with Crippen molar-refractivity contribution in [3.63, 3.8) is 0 Å². The number of carbonyl (C=O) groups excluding carboxylic acids is 1. The van der Waals surface area contributed by atoms with Crippen LogP contribution in [0.15, 0.2) is 29.3 Å². The summed E-state index contributed by atoms with van der Waals surface area (Å²) < 4.78 is 0. The van der Waals surface area contributed by atoms with Gasteiger partial charge in [0.1, 0.15) is 18.9 Å². The molecule has 0 amide bonds. The highest BCUT2D eigenvalue weighted by Gasteiger charge is 2.44. The molecule has 1 spiro atoms. The molecule has 1 unspecified atom stereocenters. The fourth-order valence-corrected chi connectivity index (χ4v) is 11.2. The van der Waals surface area contributed by atoms with Gasteiger partial charge in [-0.2, -0.15) is 0 Å². The van der Waals surface area contributed by atoms with Gasteiger partial charge in [-0.05, 0) is 113 Å². The lowest BCUT2D eigenvalue weighted by Gasteiger charge is -2.45. The summed E-state index contributed by atoms with van der Waals surface area (Å²) in [4.78, 5) is 30.5. The van der Waals surface area contributed by atoms with Gasteiger partial charge in [0.05, 0.1) is 36.5 Å². The van der Waals surface area contributed by atoms with Crippen LogP contribution in [-0.2, 0) is 22.4 Å². The number of hydrogen-bond donors (Lipinski definition) is 8. The molecule has 4 heterocycles. The fraction of sp³-hybridized carbons (Fsp3) is 0.786. The Labute approximate surface area is 317 Å². The van der Waals surface area contributed by atoms with E-state index < -0.39 is 17.7 Å². The summed E-state index contributed by atoms with van der Waals surface area (Å²) in [5, 5.41) is 43.8. The molecule has 2 saturated heterocycles. The standard InChI is InChI=1S/C42H68N6O5/c1-29-37(50)23-36(48-17-16-44-28-48)35(46-29)22-33(10-18-49)32-9-6-13-41(11-3-4-12-41)14-15-42(53,26-39(51)52)27-45-40(2)24-34(47-38(43)25-40)21-31-8-5-7-30(19-31)20-32/h5,7-8,16,18-19,29,32-38,45-47,50,53H,3-4,6,9-15,17,20-28,43H2,1-2H3,(H,51,52)/p+1/t29-,32-,33-,34+,35+,36-,37+,38-,40+,42+/m0/s1. The van der Waals surface area contributed by atoms with Crippen molar-refractivity contribution < 1.29 is 29.8 Å². The van der Waals surface area contributed by atoms with E-state index in [1.54, 1.807) is 0 Å². The molecule has 1 aromatic rings. The molecule has 5 aliphatic rings. The first-order chi connectivity index (χ1) is 25.4. The highest BCUT2D eigenvalue weighted by Crippen LogP contribution is 2.48. The minimum absolute atomic E-state index is 0.00130. The zero-order valence-corrected chi connectivity index (χ0v) is 32.4. The third-order valence-electron chi connectivity index (χ3n) is 14.1. The SMILES string of the molecule is C[C@@H]1N[C@H](C[C@H](CC=O)[C@H]2CCCC3(CCCC3)CC[C@@](O)(CC(=O)O)CN[C@]3(C)C[C@@H](Cc4cccc(c4)C2)N[C@H](N)C3)[C@@H]([NH+]2CC=NC2)C[C@H]1O. The van der Waals surface area contributed by atoms with Gasteiger partial charge >= 0.3 is 5.97 Å². The Hall–Kier alpha value is -2.25. The van der Waals surface area contributed by atoms with Crippen LogP contribution in [0, 0.1) is 17.3 Å². The summed E-state index contributed by atoms with van der Waals surface area (Å²) in [5.41, 5.74) is 7.57. The van der Waals surface area contributed by atoms with Crippen LogP contribution in [0.2, 0.25) is 0 Å². The Morgan fingerprint density at radius 2 is 1.85 bits per heavy atom. The number of carbonyl (C=O) groups is 2. The largest absolute Gasteiger partial charge is 0.481 e. The van der Waals surface area contributed by atoms with Crippen LogP contribution in [0.3, 0.4) is 0 Å². The molecule has 11 heteroatoms. The van der Waals surface area contributed by atoms with E-state index in [9.17, 15) is 24.9 Å². The number of fused-ring (bicyclic) bond motifs is 4. The molecule has 11 nitrogen and oxygen atoms in total. The van der Waals surface area contributed by atoms with Crippen molar-refractivity contribution in [2.75, 3.05) is 19.8 Å². The van der Waals surface area contributed by atoms with Crippen LogP contribution in [0.1, 0.15) is 121 Å². The van der Waals surface area contributed by atoms with Crippen LogP contribution in [0.5, 0.6) is 0 Å². The Balaban J connectivity index is 1.30. The summed E-state index contributed by atoms with van der Waals surface area (Å²) in [5.74, 6) is -0.472. The van der Waals surface area contributed by atoms with Crippen molar-refractivity contribution >= 4 is 18.5 Å². The Kier molecular flexibility index (Phi) is 13.5. The number of carboxylic acid groups (broad SMARTS) is 1. The first-order valence-electron chi connectivity index (χ1n) is 20.8. The molecule has 0 radical (unpaired) electrons. The summed E-state index contributed by atoms with van der Waals surface area (Å²) in [6.45, 7) is 6.08. The summed E-state index contributed by atoms with van der Waals surface area (Å²) in [6.07, 6.45) is 16.6. The number of hydrogen-bond acceptors (Lipinski definition) is 9. The predicted molar refractivity (Wildman–Crippen MR) is 208 cm³/mol. The second-order valence-corrected chi connectivity index (χ2v) is 18.4. The van der Waals surface area contributed by atoms with Crippen LogP contribution in [0.25, 0.3) is 0 Å². The average Bonchev–Trinajstić information content (AvgIpc) is 3.80. The first kappa shape index (κ1) is 40.4. The number of rotatable bonds is 8. The molecule has 53 heavy (non-hydrogen) atoms. The van der Waals surface area contributed by atoms with Crippen molar-refractivity contribution in [1.82, 2.24) is 16.0 Å². The molecule has 296 valence electrons. The second kappa shape index (κ2) is 17.7. The molecule has 0 aromatic heterocycles. The van der Waals surface area contributed by atoms with E-state index in [1.807, 2.05) is 6.21 Å². The predicted octanol–water partition coefficient (Wildman–Crippen LogP) is 2.51. The molecule has 11 atom stereocenters. The molecule has 1 aliphatic carbocycles. The number of aliphatic imine (C=N–C) groups is 1. The van der Waals surface area contributed by atoms with Crippen molar-refractivity contribution in [1.29, 1.82) is 0 Å². The monoisotopic (exact) mass is 738 g/mol. The van der Waals surface area contributed by atoms with E-state index in [-0.39, 0.29) is 60.2 Å². The second-order valence-electron chi connectivity index (χ2n) is 18.4. The molecule has 1 aromatic carbocycles. The topological polar surface area (TPSA) is 174 Å². The van der Waals surface area contributed by atoms with Crippen LogP contribution in [-0.4, -0.2) is 101 Å². The van der Waals surface area contributed by atoms with Gasteiger partial charge in [0, 0.05) is 37.0 Å². The Bertz CT molecular complexity index is 1400. The zero-order valence-electron chi connectivity index (χ0n) is 32.4. The number of nitrogens with two attached hydrogens (primary N) is 1. The van der Waals surface area contributed by atoms with Crippen molar-refractivity contribution in [2.24, 2.45) is 28.0 Å². The molecule has 6 rings (SSSR count). The van der Waals surface area contributed by atoms with Crippen molar-refractivity contribution in [2.45, 2.75) is 171 Å². The summed E-state index contributed by atoms with van der Waals surface area (Å²) in [7, 11) is 0. The Morgan fingerprint density at radius 3 is 2.57 bits per heavy atom. The van der Waals surface area contributed by atoms with Gasteiger partial charge in [0.25, 0.3) is 0 Å². The number of aliphatic hydroxyl groups is 2. The summed E-state index contributed by atoms with van der Waals surface area (Å²) in [6, 6.07) is 9.54. The number of carboxylic acids is 1. The smallest absolute Gasteiger partial charge is 0.306 e. The van der Waals surface area contributed by atoms with Crippen LogP contribution >= 0.6 is 0 Å². The van der Waals surface area contributed by atoms with Gasteiger partial charge in [-0.3, -0.25) is 10.1 Å². The van der Waals surface area contributed by atoms with Gasteiger partial charge < -0.3 is 41.4 Å². The lowest BCUT2D eigenvalue weighted by Crippen LogP contribution is -3.16. The van der Waals surface area contributed by atoms with Crippen molar-refractivity contribution in [3.8, 4) is 0 Å². The van der Waals surface area contributed by atoms with Gasteiger partial charge in [-0.1, -0.05) is 43.5 Å². The third kappa shape index (κ3) is 10.7. The van der Waals surface area contributed by atoms with Crippen LogP contribution in [0.4, 0.5) is 0 Å². The van der Waals surface area contributed by atoms with Crippen LogP contribution < -0.4 is 26.6 Å². The van der Waals surface area contributed by atoms with Gasteiger partial charge in [-0.15, -0.1) is 0 Å². The van der Waals surface area contributed by atoms with Gasteiger partial charge in [-0.25, -0.2) is 4.99 Å². The van der Waals surface area contributed by atoms with Crippen molar-refractivity contribution in [3.05, 3.63) is 35.4 Å². The maximum absolute atomic E-state index is 12.4. The zero-order chi connectivity index (χ0) is 37.6. The van der Waals surface area contributed by atoms with E-state index >= 15 is 0 Å². The fourth-order valence-electron chi connectivity index (χ4n) is 11.2. The number of piperidine rings is 2. The quantitative estimate of drug-likeness (QED) is 0.187. The number of nitrogens with one attached hydrogen (secondary N) is 4. The number of nitrogens with zero attached hydrogens (tertiary/aromatic N) is 1. The number of β-amino-alcohol motifs (C(OH)–C–C–N with tert-alkyl or cyclic N) is 1. The first-order valence-corrected chi connectivity index (χ1v) is 20.8. The highest BCUT2D eigenvalue weighted by molar-refractivity contribution is 5.68. The maximum Gasteiger partial charge on any atom is 0.306 e. The van der Waals surface area contributed by atoms with Gasteiger partial charge in [0.2, 0.25) is 0 Å². The molecule has 1 saturated carbocycles. The average molecular weight is 738 g/mol. The molecule has 3 fully saturated rings. The summed E-state index contributed by atoms with van der Waals surface area (Å²) >= 11 is 0. The van der Waals surface area contributed by atoms with Gasteiger partial charge in [0.15, 0.2) is 6.67 Å². The molecule has 4 aliphatic heterocycles. The minimum atomic E-state index is -1.34. The maximum atomic E-state index is 12.4. The lowest BCUT2D eigenvalue weighted by atomic mass is 9.71. The van der Waals surface area contributed by atoms with E-state index in [2.05, 4.69) is 59.1 Å². The molecule has 9 N–H and O–H groups in total. The number of aliphatic hydroxyl groups excluding tert-OH is 1. The van der Waals surface area contributed by atoms with E-state index in [4.69, 9.17) is 5.73 Å². The number of benzene rings is 1. The Morgan fingerprint density at radius 1 is 1.09 bits per heavy atom. The molecular weight excluding hydrogens is 668 g/mol. The normalized spacial score (nSPS) is 38.9. The minimum Gasteiger partial charge on any atom is -0.481 e. The molecular formula is C42H69N6O5+. The number of aldehydes is 1. The number of quaternary nitrogens is 1. The van der Waals surface area contributed by atoms with E-state index in [0.29, 0.717) is 25.2 Å². The highest BCUT2D eigenvalue weighted by atomic mass is 16.4. The van der Waals surface area contributed by atoms with E-state index in [0.717, 1.165) is 90.1 Å².